The molecule has 3 N–H and O–H groups in total. The summed E-state index contributed by atoms with van der Waals surface area (Å²) in [6.45, 7) is 0. The average molecular weight is 212 g/mol. The molecule has 0 saturated carbocycles. The normalized spacial score (nSPS) is 11.6. The van der Waals surface area contributed by atoms with E-state index in [9.17, 15) is 18.0 Å². The van der Waals surface area contributed by atoms with Crippen molar-refractivity contribution in [3.8, 4) is 5.75 Å². The molecule has 0 aliphatic carbocycles. The van der Waals surface area contributed by atoms with Gasteiger partial charge in [0.15, 0.2) is 10.5 Å². The summed E-state index contributed by atoms with van der Waals surface area (Å²) >= 11 is 4.29. The van der Waals surface area contributed by atoms with E-state index in [1.807, 2.05) is 0 Å². The predicted octanol–water partition coefficient (Wildman–Crippen LogP) is 1.16. The van der Waals surface area contributed by atoms with Crippen molar-refractivity contribution in [3.05, 3.63) is 20.8 Å². The van der Waals surface area contributed by atoms with Gasteiger partial charge in [0.25, 0.3) is 5.56 Å². The van der Waals surface area contributed by atoms with E-state index in [1.54, 1.807) is 9.97 Å². The zero-order chi connectivity index (χ0) is 10.2. The zero-order valence-electron chi connectivity index (χ0n) is 5.90. The molecule has 0 aliphatic rings. The van der Waals surface area contributed by atoms with Crippen LogP contribution in [0.15, 0.2) is 4.79 Å². The number of nitrogens with one attached hydrogen (secondary N) is 2. The van der Waals surface area contributed by atoms with Crippen LogP contribution in [0.1, 0.15) is 5.69 Å². The predicted molar refractivity (Wildman–Crippen MR) is 38.9 cm³/mol. The summed E-state index contributed by atoms with van der Waals surface area (Å²) in [4.78, 5) is 14.1. The molecule has 0 aliphatic heterocycles. The second-order valence-electron chi connectivity index (χ2n) is 2.13. The quantitative estimate of drug-likeness (QED) is 0.565. The molecule has 1 rings (SSSR count). The zero-order valence-corrected chi connectivity index (χ0v) is 6.71. The lowest BCUT2D eigenvalue weighted by atomic mass is 10.3. The van der Waals surface area contributed by atoms with E-state index < -0.39 is 28.0 Å². The Morgan fingerprint density at radius 1 is 1.31 bits per heavy atom. The lowest BCUT2D eigenvalue weighted by Gasteiger charge is -2.06. The van der Waals surface area contributed by atoms with Crippen molar-refractivity contribution in [2.24, 2.45) is 0 Å². The summed E-state index contributed by atoms with van der Waals surface area (Å²) in [6.07, 6.45) is -4.83. The van der Waals surface area contributed by atoms with Crippen LogP contribution in [-0.4, -0.2) is 15.1 Å². The molecule has 1 heterocycles. The number of aromatic nitrogens is 2. The minimum absolute atomic E-state index is 0.491. The first-order valence-corrected chi connectivity index (χ1v) is 3.36. The largest absolute Gasteiger partial charge is 0.502 e. The molecule has 0 saturated heterocycles. The topological polar surface area (TPSA) is 68.9 Å². The van der Waals surface area contributed by atoms with Gasteiger partial charge in [-0.1, -0.05) is 0 Å². The number of halogens is 3. The summed E-state index contributed by atoms with van der Waals surface area (Å²) in [5, 5.41) is 8.72. The maximum absolute atomic E-state index is 12.0. The molecule has 0 aromatic carbocycles. The van der Waals surface area contributed by atoms with Gasteiger partial charge < -0.3 is 10.1 Å². The molecule has 4 nitrogen and oxygen atoms in total. The average Bonchev–Trinajstić information content (AvgIpc) is 1.94. The van der Waals surface area contributed by atoms with Crippen LogP contribution in [0.25, 0.3) is 0 Å². The Labute approximate surface area is 74.0 Å². The van der Waals surface area contributed by atoms with Crippen molar-refractivity contribution in [3.63, 3.8) is 0 Å². The summed E-state index contributed by atoms with van der Waals surface area (Å²) < 4.78 is 35.6. The van der Waals surface area contributed by atoms with Gasteiger partial charge in [0.05, 0.1) is 0 Å². The molecule has 72 valence electrons. The Morgan fingerprint density at radius 2 is 1.85 bits per heavy atom. The van der Waals surface area contributed by atoms with E-state index in [-0.39, 0.29) is 0 Å². The van der Waals surface area contributed by atoms with Crippen LogP contribution < -0.4 is 5.56 Å². The highest BCUT2D eigenvalue weighted by Gasteiger charge is 2.36. The van der Waals surface area contributed by atoms with Crippen molar-refractivity contribution < 1.29 is 18.3 Å². The molecular weight excluding hydrogens is 209 g/mol. The van der Waals surface area contributed by atoms with E-state index in [4.69, 9.17) is 5.11 Å². The minimum Gasteiger partial charge on any atom is -0.502 e. The number of hydrogen-bond acceptors (Lipinski definition) is 3. The van der Waals surface area contributed by atoms with Gasteiger partial charge in [-0.3, -0.25) is 9.78 Å². The van der Waals surface area contributed by atoms with Gasteiger partial charge in [-0.05, 0) is 12.2 Å². The van der Waals surface area contributed by atoms with Crippen molar-refractivity contribution in [2.45, 2.75) is 6.18 Å². The highest BCUT2D eigenvalue weighted by molar-refractivity contribution is 7.71. The SMILES string of the molecule is O=c1[nH]c(=S)[nH]c(C(F)(F)F)c1O. The van der Waals surface area contributed by atoms with E-state index in [2.05, 4.69) is 12.2 Å². The second-order valence-corrected chi connectivity index (χ2v) is 2.54. The summed E-state index contributed by atoms with van der Waals surface area (Å²) in [7, 11) is 0. The number of aromatic hydroxyl groups is 1. The van der Waals surface area contributed by atoms with Gasteiger partial charge in [0, 0.05) is 0 Å². The fraction of sp³-hybridized carbons (Fsp3) is 0.200. The molecule has 1 aromatic rings. The molecule has 0 spiro atoms. The first-order chi connectivity index (χ1) is 5.82. The Balaban J connectivity index is 3.56. The molecule has 8 heteroatoms. The smallest absolute Gasteiger partial charge is 0.435 e. The fourth-order valence-corrected chi connectivity index (χ4v) is 0.880. The second kappa shape index (κ2) is 2.87. The van der Waals surface area contributed by atoms with Gasteiger partial charge in [0.1, 0.15) is 0 Å². The molecule has 0 atom stereocenters. The van der Waals surface area contributed by atoms with Gasteiger partial charge >= 0.3 is 6.18 Å². The first-order valence-electron chi connectivity index (χ1n) is 2.95. The van der Waals surface area contributed by atoms with E-state index in [0.717, 1.165) is 0 Å². The van der Waals surface area contributed by atoms with Crippen LogP contribution in [0, 0.1) is 4.77 Å². The van der Waals surface area contributed by atoms with Crippen molar-refractivity contribution >= 4 is 12.2 Å². The van der Waals surface area contributed by atoms with Gasteiger partial charge in [-0.2, -0.15) is 13.2 Å². The van der Waals surface area contributed by atoms with Crippen molar-refractivity contribution in [1.82, 2.24) is 9.97 Å². The summed E-state index contributed by atoms with van der Waals surface area (Å²) in [5.41, 5.74) is -2.81. The maximum Gasteiger partial charge on any atom is 0.435 e. The van der Waals surface area contributed by atoms with Crippen LogP contribution >= 0.6 is 12.2 Å². The molecule has 1 aromatic heterocycles. The number of rotatable bonds is 0. The van der Waals surface area contributed by atoms with Crippen molar-refractivity contribution in [1.29, 1.82) is 0 Å². The molecule has 13 heavy (non-hydrogen) atoms. The van der Waals surface area contributed by atoms with Crippen LogP contribution in [-0.2, 0) is 6.18 Å². The molecule has 0 fully saturated rings. The first kappa shape index (κ1) is 9.78. The highest BCUT2D eigenvalue weighted by Crippen LogP contribution is 2.31. The van der Waals surface area contributed by atoms with Gasteiger partial charge in [0.2, 0.25) is 5.75 Å². The monoisotopic (exact) mass is 212 g/mol. The van der Waals surface area contributed by atoms with Gasteiger partial charge in [-0.25, -0.2) is 0 Å². The Hall–Kier alpha value is -1.31. The third-order valence-electron chi connectivity index (χ3n) is 1.20. The Morgan fingerprint density at radius 3 is 2.31 bits per heavy atom. The molecular formula is C5H3F3N2O2S. The van der Waals surface area contributed by atoms with Crippen molar-refractivity contribution in [2.75, 3.05) is 0 Å². The number of alkyl halides is 3. The van der Waals surface area contributed by atoms with Crippen LogP contribution in [0.5, 0.6) is 5.75 Å². The van der Waals surface area contributed by atoms with E-state index in [0.29, 0.717) is 0 Å². The Bertz CT molecular complexity index is 433. The number of hydrogen-bond donors (Lipinski definition) is 3. The van der Waals surface area contributed by atoms with E-state index in [1.165, 1.54) is 0 Å². The highest BCUT2D eigenvalue weighted by atomic mass is 32.1. The third-order valence-corrected chi connectivity index (χ3v) is 1.41. The maximum atomic E-state index is 12.0. The molecule has 0 amide bonds. The number of H-pyrrole nitrogens is 2. The summed E-state index contributed by atoms with van der Waals surface area (Å²) in [5.74, 6) is -1.42. The van der Waals surface area contributed by atoms with Gasteiger partial charge in [-0.15, -0.1) is 0 Å². The number of aromatic amines is 2. The standard InChI is InChI=1S/C5H3F3N2O2S/c6-5(7,8)2-1(11)3(12)10-4(13)9-2/h11H,(H2,9,10,12,13). The molecule has 0 bridgehead atoms. The summed E-state index contributed by atoms with van der Waals surface area (Å²) in [6, 6.07) is 0. The fourth-order valence-electron chi connectivity index (χ4n) is 0.685. The molecule has 0 radical (unpaired) electrons. The molecule has 0 unspecified atom stereocenters. The third kappa shape index (κ3) is 1.89. The Kier molecular flexibility index (Phi) is 2.16. The van der Waals surface area contributed by atoms with Crippen LogP contribution in [0.2, 0.25) is 0 Å². The van der Waals surface area contributed by atoms with E-state index >= 15 is 0 Å². The van der Waals surface area contributed by atoms with Crippen LogP contribution in [0.4, 0.5) is 13.2 Å². The van der Waals surface area contributed by atoms with Crippen LogP contribution in [0.3, 0.4) is 0 Å². The lowest BCUT2D eigenvalue weighted by molar-refractivity contribution is -0.142. The minimum atomic E-state index is -4.83. The lowest BCUT2D eigenvalue weighted by Crippen LogP contribution is -2.17.